The van der Waals surface area contributed by atoms with Gasteiger partial charge in [-0.25, -0.2) is 14.6 Å². The van der Waals surface area contributed by atoms with E-state index >= 15 is 0 Å². The largest absolute Gasteiger partial charge is 0.491 e. The molecule has 1 atom stereocenters. The average Bonchev–Trinajstić information content (AvgIpc) is 3.24. The second-order valence-electron chi connectivity index (χ2n) is 7.31. The van der Waals surface area contributed by atoms with Crippen molar-refractivity contribution < 1.29 is 17.3 Å². The van der Waals surface area contributed by atoms with Gasteiger partial charge in [-0.2, -0.15) is 13.5 Å². The SMILES string of the molecule is CC(OS(C)(=O)=O)c1ccc2c(c1)-c1nc(-c3ncnn3C(C)C)cn1CCO2. The first-order chi connectivity index (χ1) is 13.7. The van der Waals surface area contributed by atoms with Crippen LogP contribution in [0.1, 0.15) is 38.5 Å². The Morgan fingerprint density at radius 2 is 2.00 bits per heavy atom. The average molecular weight is 417 g/mol. The molecule has 0 N–H and O–H groups in total. The van der Waals surface area contributed by atoms with Gasteiger partial charge in [-0.15, -0.1) is 0 Å². The van der Waals surface area contributed by atoms with Crippen LogP contribution in [0.2, 0.25) is 0 Å². The zero-order valence-electron chi connectivity index (χ0n) is 16.7. The van der Waals surface area contributed by atoms with Gasteiger partial charge in [-0.3, -0.25) is 4.18 Å². The molecule has 3 heterocycles. The summed E-state index contributed by atoms with van der Waals surface area (Å²) >= 11 is 0. The minimum absolute atomic E-state index is 0.158. The van der Waals surface area contributed by atoms with Gasteiger partial charge in [0, 0.05) is 12.2 Å². The van der Waals surface area contributed by atoms with Gasteiger partial charge < -0.3 is 9.30 Å². The molecule has 1 aliphatic heterocycles. The van der Waals surface area contributed by atoms with Crippen LogP contribution in [0.15, 0.2) is 30.7 Å². The molecule has 4 rings (SSSR count). The first kappa shape index (κ1) is 19.6. The van der Waals surface area contributed by atoms with Crippen molar-refractivity contribution in [2.24, 2.45) is 0 Å². The Labute approximate surface area is 169 Å². The molecule has 29 heavy (non-hydrogen) atoms. The molecule has 0 radical (unpaired) electrons. The highest BCUT2D eigenvalue weighted by Gasteiger charge is 2.23. The number of imidazole rings is 1. The summed E-state index contributed by atoms with van der Waals surface area (Å²) < 4.78 is 37.8. The third kappa shape index (κ3) is 3.90. The molecular formula is C19H23N5O4S. The standard InChI is InChI=1S/C19H23N5O4S/c1-12(2)24-19(20-11-21-24)16-10-23-7-8-27-17-6-5-14(9-15(17)18(23)22-16)13(3)28-29(4,25)26/h5-6,9-13H,7-8H2,1-4H3. The fourth-order valence-electron chi connectivity index (χ4n) is 3.39. The zero-order valence-corrected chi connectivity index (χ0v) is 17.5. The molecule has 0 bridgehead atoms. The molecule has 0 spiro atoms. The van der Waals surface area contributed by atoms with Crippen LogP contribution in [0.4, 0.5) is 0 Å². The summed E-state index contributed by atoms with van der Waals surface area (Å²) in [4.78, 5) is 9.19. The molecule has 1 aliphatic rings. The summed E-state index contributed by atoms with van der Waals surface area (Å²) in [6.45, 7) is 6.91. The molecule has 0 aliphatic carbocycles. The minimum atomic E-state index is -3.57. The molecule has 2 aromatic heterocycles. The molecule has 0 saturated carbocycles. The molecule has 0 amide bonds. The Balaban J connectivity index is 1.78. The van der Waals surface area contributed by atoms with Crippen molar-refractivity contribution in [1.82, 2.24) is 24.3 Å². The van der Waals surface area contributed by atoms with E-state index in [1.54, 1.807) is 6.92 Å². The van der Waals surface area contributed by atoms with E-state index in [0.717, 1.165) is 28.9 Å². The van der Waals surface area contributed by atoms with Crippen molar-refractivity contribution in [3.05, 3.63) is 36.3 Å². The highest BCUT2D eigenvalue weighted by molar-refractivity contribution is 7.86. The first-order valence-corrected chi connectivity index (χ1v) is 11.2. The number of nitrogens with zero attached hydrogens (tertiary/aromatic N) is 5. The van der Waals surface area contributed by atoms with E-state index in [2.05, 4.69) is 10.1 Å². The van der Waals surface area contributed by atoms with E-state index in [1.165, 1.54) is 6.33 Å². The summed E-state index contributed by atoms with van der Waals surface area (Å²) in [7, 11) is -3.57. The van der Waals surface area contributed by atoms with Gasteiger partial charge in [0.15, 0.2) is 5.82 Å². The quantitative estimate of drug-likeness (QED) is 0.588. The number of ether oxygens (including phenoxy) is 1. The van der Waals surface area contributed by atoms with E-state index in [4.69, 9.17) is 13.9 Å². The lowest BCUT2D eigenvalue weighted by Crippen LogP contribution is -2.08. The van der Waals surface area contributed by atoms with Crippen LogP contribution in [0.3, 0.4) is 0 Å². The lowest BCUT2D eigenvalue weighted by molar-refractivity contribution is 0.236. The zero-order chi connectivity index (χ0) is 20.8. The van der Waals surface area contributed by atoms with Crippen LogP contribution in [0.5, 0.6) is 5.75 Å². The van der Waals surface area contributed by atoms with Crippen molar-refractivity contribution in [3.63, 3.8) is 0 Å². The van der Waals surface area contributed by atoms with Crippen LogP contribution in [0, 0.1) is 0 Å². The Kier molecular flexibility index (Phi) is 4.91. The number of hydrogen-bond donors (Lipinski definition) is 0. The van der Waals surface area contributed by atoms with Gasteiger partial charge in [-0.1, -0.05) is 6.07 Å². The van der Waals surface area contributed by atoms with Gasteiger partial charge in [0.1, 0.15) is 30.2 Å². The number of rotatable bonds is 5. The maximum absolute atomic E-state index is 11.5. The normalized spacial score (nSPS) is 14.8. The third-order valence-electron chi connectivity index (χ3n) is 4.69. The predicted octanol–water partition coefficient (Wildman–Crippen LogP) is 2.82. The van der Waals surface area contributed by atoms with Crippen LogP contribution in [-0.4, -0.2) is 45.6 Å². The van der Waals surface area contributed by atoms with Gasteiger partial charge in [-0.05, 0) is 38.5 Å². The van der Waals surface area contributed by atoms with Crippen LogP contribution >= 0.6 is 0 Å². The van der Waals surface area contributed by atoms with E-state index in [1.807, 2.05) is 47.5 Å². The lowest BCUT2D eigenvalue weighted by atomic mass is 10.1. The lowest BCUT2D eigenvalue weighted by Gasteiger charge is -2.14. The van der Waals surface area contributed by atoms with Gasteiger partial charge in [0.25, 0.3) is 10.1 Å². The Morgan fingerprint density at radius 1 is 1.21 bits per heavy atom. The van der Waals surface area contributed by atoms with E-state index in [-0.39, 0.29) is 6.04 Å². The van der Waals surface area contributed by atoms with E-state index < -0.39 is 16.2 Å². The smallest absolute Gasteiger partial charge is 0.264 e. The molecular weight excluding hydrogens is 394 g/mol. The molecule has 1 unspecified atom stereocenters. The maximum atomic E-state index is 11.5. The van der Waals surface area contributed by atoms with Crippen LogP contribution < -0.4 is 4.74 Å². The maximum Gasteiger partial charge on any atom is 0.264 e. The molecule has 1 aromatic carbocycles. The van der Waals surface area contributed by atoms with Crippen LogP contribution in [0.25, 0.3) is 22.9 Å². The minimum Gasteiger partial charge on any atom is -0.491 e. The second kappa shape index (κ2) is 7.27. The van der Waals surface area contributed by atoms with Crippen molar-refractivity contribution >= 4 is 10.1 Å². The summed E-state index contributed by atoms with van der Waals surface area (Å²) in [5.41, 5.74) is 2.23. The number of fused-ring (bicyclic) bond motifs is 3. The highest BCUT2D eigenvalue weighted by Crippen LogP contribution is 2.36. The van der Waals surface area contributed by atoms with Crippen LogP contribution in [-0.2, 0) is 20.8 Å². The second-order valence-corrected chi connectivity index (χ2v) is 8.91. The third-order valence-corrected chi connectivity index (χ3v) is 5.33. The Morgan fingerprint density at radius 3 is 2.72 bits per heavy atom. The molecule has 3 aromatic rings. The predicted molar refractivity (Wildman–Crippen MR) is 107 cm³/mol. The Hall–Kier alpha value is -2.72. The van der Waals surface area contributed by atoms with Gasteiger partial charge in [0.05, 0.1) is 24.5 Å². The summed E-state index contributed by atoms with van der Waals surface area (Å²) in [5.74, 6) is 2.13. The summed E-state index contributed by atoms with van der Waals surface area (Å²) in [6.07, 6.45) is 3.89. The molecule has 0 saturated heterocycles. The monoisotopic (exact) mass is 417 g/mol. The number of aromatic nitrogens is 5. The first-order valence-electron chi connectivity index (χ1n) is 9.35. The molecule has 154 valence electrons. The van der Waals surface area contributed by atoms with E-state index in [0.29, 0.717) is 24.7 Å². The van der Waals surface area contributed by atoms with Crippen molar-refractivity contribution in [3.8, 4) is 28.7 Å². The number of benzene rings is 1. The van der Waals surface area contributed by atoms with Crippen molar-refractivity contribution in [2.45, 2.75) is 39.5 Å². The molecule has 9 nitrogen and oxygen atoms in total. The molecule has 0 fully saturated rings. The van der Waals surface area contributed by atoms with Crippen molar-refractivity contribution in [2.75, 3.05) is 12.9 Å². The van der Waals surface area contributed by atoms with Crippen molar-refractivity contribution in [1.29, 1.82) is 0 Å². The summed E-state index contributed by atoms with van der Waals surface area (Å²) in [6, 6.07) is 5.66. The summed E-state index contributed by atoms with van der Waals surface area (Å²) in [5, 5.41) is 4.29. The number of hydrogen-bond acceptors (Lipinski definition) is 7. The molecule has 10 heteroatoms. The fourth-order valence-corrected chi connectivity index (χ4v) is 4.03. The highest BCUT2D eigenvalue weighted by atomic mass is 32.2. The van der Waals surface area contributed by atoms with Gasteiger partial charge >= 0.3 is 0 Å². The fraction of sp³-hybridized carbons (Fsp3) is 0.421. The Bertz CT molecular complexity index is 1150. The topological polar surface area (TPSA) is 101 Å². The van der Waals surface area contributed by atoms with Gasteiger partial charge in [0.2, 0.25) is 0 Å². The van der Waals surface area contributed by atoms with E-state index in [9.17, 15) is 8.42 Å².